The number of aryl methyl sites for hydroxylation is 1. The van der Waals surface area contributed by atoms with Crippen LogP contribution in [-0.4, -0.2) is 20.3 Å². The van der Waals surface area contributed by atoms with E-state index >= 15 is 0 Å². The van der Waals surface area contributed by atoms with Gasteiger partial charge in [0, 0.05) is 41.2 Å². The van der Waals surface area contributed by atoms with Crippen molar-refractivity contribution in [2.24, 2.45) is 0 Å². The molecule has 0 spiro atoms. The van der Waals surface area contributed by atoms with Crippen LogP contribution in [-0.2, 0) is 17.8 Å². The van der Waals surface area contributed by atoms with Gasteiger partial charge in [0.1, 0.15) is 0 Å². The van der Waals surface area contributed by atoms with E-state index < -0.39 is 0 Å². The lowest BCUT2D eigenvalue weighted by atomic mass is 10.2. The third-order valence-corrected chi connectivity index (χ3v) is 5.24. The number of carbonyl (C=O) groups is 1. The Labute approximate surface area is 168 Å². The maximum atomic E-state index is 12.1. The first-order valence-electron chi connectivity index (χ1n) is 8.16. The van der Waals surface area contributed by atoms with Gasteiger partial charge in [0.15, 0.2) is 16.6 Å². The number of fused-ring (bicyclic) bond motifs is 1. The molecule has 1 N–H and O–H groups in total. The van der Waals surface area contributed by atoms with Gasteiger partial charge >= 0.3 is 0 Å². The van der Waals surface area contributed by atoms with E-state index in [-0.39, 0.29) is 12.3 Å². The molecule has 3 heterocycles. The molecule has 27 heavy (non-hydrogen) atoms. The monoisotopic (exact) mass is 420 g/mol. The number of thiazole rings is 1. The van der Waals surface area contributed by atoms with E-state index in [0.717, 1.165) is 10.7 Å². The summed E-state index contributed by atoms with van der Waals surface area (Å²) in [5.74, 6) is 0.939. The summed E-state index contributed by atoms with van der Waals surface area (Å²) < 4.78 is 7.63. The third kappa shape index (κ3) is 4.16. The Hall–Kier alpha value is -2.35. The van der Waals surface area contributed by atoms with Crippen molar-refractivity contribution < 1.29 is 9.21 Å². The van der Waals surface area contributed by atoms with Crippen molar-refractivity contribution in [3.8, 4) is 11.3 Å². The first kappa shape index (κ1) is 18.0. The molecule has 0 aliphatic rings. The fraction of sp³-hybridized carbons (Fsp3) is 0.167. The van der Waals surface area contributed by atoms with E-state index in [4.69, 9.17) is 27.6 Å². The average Bonchev–Trinajstić information content (AvgIpc) is 3.34. The summed E-state index contributed by atoms with van der Waals surface area (Å²) in [5, 5.41) is 5.87. The highest BCUT2D eigenvalue weighted by molar-refractivity contribution is 7.15. The molecule has 1 amide bonds. The Kier molecular flexibility index (Phi) is 5.15. The molecular weight excluding hydrogens is 407 g/mol. The second kappa shape index (κ2) is 7.72. The minimum Gasteiger partial charge on any atom is -0.441 e. The molecule has 9 heteroatoms. The highest BCUT2D eigenvalue weighted by atomic mass is 35.5. The van der Waals surface area contributed by atoms with Gasteiger partial charge in [-0.05, 0) is 18.2 Å². The smallest absolute Gasteiger partial charge is 0.220 e. The summed E-state index contributed by atoms with van der Waals surface area (Å²) in [4.78, 5) is 21.6. The Bertz CT molecular complexity index is 1070. The van der Waals surface area contributed by atoms with Crippen LogP contribution in [0.4, 0.5) is 0 Å². The van der Waals surface area contributed by atoms with Crippen LogP contribution in [0.1, 0.15) is 18.0 Å². The quantitative estimate of drug-likeness (QED) is 0.494. The SMILES string of the molecule is O=C(CCc1ncc(-c2ccc(Cl)cc2Cl)o1)NCc1cn2ccsc2n1. The lowest BCUT2D eigenvalue weighted by Gasteiger charge is -2.02. The minimum absolute atomic E-state index is 0.0874. The summed E-state index contributed by atoms with van der Waals surface area (Å²) in [6.45, 7) is 0.393. The lowest BCUT2D eigenvalue weighted by molar-refractivity contribution is -0.121. The zero-order valence-electron chi connectivity index (χ0n) is 14.0. The number of nitrogens with one attached hydrogen (secondary N) is 1. The molecule has 0 fully saturated rings. The Morgan fingerprint density at radius 2 is 2.22 bits per heavy atom. The van der Waals surface area contributed by atoms with Crippen LogP contribution in [0.5, 0.6) is 0 Å². The summed E-state index contributed by atoms with van der Waals surface area (Å²) in [6.07, 6.45) is 6.11. The standard InChI is InChI=1S/C18H14Cl2N4O2S/c19-11-1-2-13(14(20)7-11)15-9-22-17(26-15)4-3-16(25)21-8-12-10-24-5-6-27-18(24)23-12/h1-2,5-7,9-10H,3-4,8H2,(H,21,25). The van der Waals surface area contributed by atoms with Crippen molar-refractivity contribution in [1.82, 2.24) is 19.7 Å². The maximum Gasteiger partial charge on any atom is 0.220 e. The molecule has 0 radical (unpaired) electrons. The highest BCUT2D eigenvalue weighted by Gasteiger charge is 2.12. The van der Waals surface area contributed by atoms with Gasteiger partial charge < -0.3 is 9.73 Å². The van der Waals surface area contributed by atoms with Gasteiger partial charge in [0.05, 0.1) is 23.5 Å². The number of rotatable bonds is 6. The van der Waals surface area contributed by atoms with Crippen molar-refractivity contribution >= 4 is 45.4 Å². The van der Waals surface area contributed by atoms with Crippen LogP contribution in [0.2, 0.25) is 10.0 Å². The molecule has 1 aromatic carbocycles. The molecule has 0 unspecified atom stereocenters. The number of benzene rings is 1. The Balaban J connectivity index is 1.31. The molecule has 6 nitrogen and oxygen atoms in total. The molecular formula is C18H14Cl2N4O2S. The van der Waals surface area contributed by atoms with Crippen LogP contribution in [0.15, 0.2) is 46.6 Å². The average molecular weight is 421 g/mol. The summed E-state index contributed by atoms with van der Waals surface area (Å²) in [6, 6.07) is 5.16. The van der Waals surface area contributed by atoms with E-state index in [9.17, 15) is 4.79 Å². The molecule has 138 valence electrons. The number of imidazole rings is 1. The molecule has 0 saturated carbocycles. The molecule has 0 bridgehead atoms. The minimum atomic E-state index is -0.0874. The zero-order valence-corrected chi connectivity index (χ0v) is 16.3. The Morgan fingerprint density at radius 1 is 1.33 bits per heavy atom. The van der Waals surface area contributed by atoms with Gasteiger partial charge in [-0.3, -0.25) is 9.20 Å². The van der Waals surface area contributed by atoms with Crippen molar-refractivity contribution in [3.05, 3.63) is 63.8 Å². The number of hydrogen-bond acceptors (Lipinski definition) is 5. The summed E-state index contributed by atoms with van der Waals surface area (Å²) in [5.41, 5.74) is 1.54. The highest BCUT2D eigenvalue weighted by Crippen LogP contribution is 2.30. The molecule has 0 atom stereocenters. The predicted octanol–water partition coefficient (Wildman–Crippen LogP) is 4.61. The molecule has 0 saturated heterocycles. The van der Waals surface area contributed by atoms with Gasteiger partial charge in [0.2, 0.25) is 5.91 Å². The topological polar surface area (TPSA) is 72.4 Å². The van der Waals surface area contributed by atoms with Crippen LogP contribution < -0.4 is 5.32 Å². The molecule has 0 aliphatic carbocycles. The second-order valence-corrected chi connectivity index (χ2v) is 7.56. The van der Waals surface area contributed by atoms with E-state index in [1.807, 2.05) is 22.2 Å². The molecule has 0 aliphatic heterocycles. The number of oxazole rings is 1. The number of hydrogen-bond donors (Lipinski definition) is 1. The Morgan fingerprint density at radius 3 is 3.04 bits per heavy atom. The van der Waals surface area contributed by atoms with Crippen molar-refractivity contribution in [2.45, 2.75) is 19.4 Å². The van der Waals surface area contributed by atoms with Crippen LogP contribution in [0.3, 0.4) is 0 Å². The third-order valence-electron chi connectivity index (χ3n) is 3.93. The predicted molar refractivity (Wildman–Crippen MR) is 105 cm³/mol. The van der Waals surface area contributed by atoms with Gasteiger partial charge in [-0.15, -0.1) is 11.3 Å². The van der Waals surface area contributed by atoms with Crippen molar-refractivity contribution in [1.29, 1.82) is 0 Å². The van der Waals surface area contributed by atoms with E-state index in [1.165, 1.54) is 0 Å². The molecule has 4 aromatic rings. The second-order valence-electron chi connectivity index (χ2n) is 5.84. The van der Waals surface area contributed by atoms with E-state index in [2.05, 4.69) is 15.3 Å². The maximum absolute atomic E-state index is 12.1. The largest absolute Gasteiger partial charge is 0.441 e. The van der Waals surface area contributed by atoms with Gasteiger partial charge in [0.25, 0.3) is 0 Å². The number of carbonyl (C=O) groups excluding carboxylic acids is 1. The van der Waals surface area contributed by atoms with Crippen LogP contribution in [0, 0.1) is 0 Å². The first-order valence-corrected chi connectivity index (χ1v) is 9.80. The number of halogens is 2. The van der Waals surface area contributed by atoms with E-state index in [1.54, 1.807) is 35.7 Å². The fourth-order valence-electron chi connectivity index (χ4n) is 2.60. The summed E-state index contributed by atoms with van der Waals surface area (Å²) >= 11 is 13.6. The molecule has 4 rings (SSSR count). The van der Waals surface area contributed by atoms with Crippen LogP contribution in [0.25, 0.3) is 16.3 Å². The lowest BCUT2D eigenvalue weighted by Crippen LogP contribution is -2.23. The van der Waals surface area contributed by atoms with Crippen molar-refractivity contribution in [3.63, 3.8) is 0 Å². The number of nitrogens with zero attached hydrogens (tertiary/aromatic N) is 3. The molecule has 3 aromatic heterocycles. The van der Waals surface area contributed by atoms with Crippen LogP contribution >= 0.6 is 34.5 Å². The number of aromatic nitrogens is 3. The first-order chi connectivity index (χ1) is 13.1. The van der Waals surface area contributed by atoms with E-state index in [0.29, 0.717) is 40.2 Å². The number of amides is 1. The van der Waals surface area contributed by atoms with Crippen molar-refractivity contribution in [2.75, 3.05) is 0 Å². The normalized spacial score (nSPS) is 11.2. The zero-order chi connectivity index (χ0) is 18.8. The fourth-order valence-corrected chi connectivity index (χ4v) is 3.82. The van der Waals surface area contributed by atoms with Gasteiger partial charge in [-0.2, -0.15) is 0 Å². The van der Waals surface area contributed by atoms with Gasteiger partial charge in [-0.1, -0.05) is 23.2 Å². The summed E-state index contributed by atoms with van der Waals surface area (Å²) in [7, 11) is 0. The van der Waals surface area contributed by atoms with Gasteiger partial charge in [-0.25, -0.2) is 9.97 Å².